The van der Waals surface area contributed by atoms with E-state index in [9.17, 15) is 0 Å². The molecule has 2 N–H and O–H groups in total. The summed E-state index contributed by atoms with van der Waals surface area (Å²) in [5, 5.41) is 0. The Morgan fingerprint density at radius 3 is 2.00 bits per heavy atom. The van der Waals surface area contributed by atoms with Crippen LogP contribution in [0.4, 0.5) is 5.69 Å². The van der Waals surface area contributed by atoms with E-state index in [2.05, 4.69) is 24.3 Å². The maximum atomic E-state index is 5.74. The molecule has 4 bridgehead atoms. The molecular formula is C18H23N. The number of nitrogens with two attached hydrogens (primary N) is 1. The Labute approximate surface area is 115 Å². The molecule has 0 atom stereocenters. The van der Waals surface area contributed by atoms with Gasteiger partial charge < -0.3 is 5.73 Å². The summed E-state index contributed by atoms with van der Waals surface area (Å²) in [5.74, 6) is 4.97. The van der Waals surface area contributed by atoms with Crippen molar-refractivity contribution in [1.29, 1.82) is 0 Å². The number of benzene rings is 1. The summed E-state index contributed by atoms with van der Waals surface area (Å²) < 4.78 is 0. The van der Waals surface area contributed by atoms with Crippen LogP contribution in [0.1, 0.15) is 37.7 Å². The fraction of sp³-hybridized carbons (Fsp3) is 0.556. The third-order valence-corrected chi connectivity index (χ3v) is 5.75. The average Bonchev–Trinajstić information content (AvgIpc) is 2.39. The molecule has 19 heavy (non-hydrogen) atoms. The van der Waals surface area contributed by atoms with Crippen LogP contribution in [0.3, 0.4) is 0 Å². The van der Waals surface area contributed by atoms with Crippen LogP contribution in [-0.2, 0) is 0 Å². The molecule has 4 aliphatic rings. The van der Waals surface area contributed by atoms with Gasteiger partial charge in [0.05, 0.1) is 0 Å². The summed E-state index contributed by atoms with van der Waals surface area (Å²) in [5.41, 5.74) is 7.88. The van der Waals surface area contributed by atoms with Gasteiger partial charge in [-0.05, 0) is 79.4 Å². The van der Waals surface area contributed by atoms with Crippen LogP contribution in [0.2, 0.25) is 0 Å². The maximum absolute atomic E-state index is 5.74. The fourth-order valence-corrected chi connectivity index (χ4v) is 5.11. The van der Waals surface area contributed by atoms with Crippen molar-refractivity contribution in [3.8, 4) is 0 Å². The zero-order valence-corrected chi connectivity index (χ0v) is 11.5. The first-order valence-corrected chi connectivity index (χ1v) is 7.81. The van der Waals surface area contributed by atoms with Crippen molar-refractivity contribution in [2.75, 3.05) is 5.73 Å². The van der Waals surface area contributed by atoms with Gasteiger partial charge in [0.1, 0.15) is 0 Å². The van der Waals surface area contributed by atoms with Gasteiger partial charge in [0.15, 0.2) is 0 Å². The molecule has 1 aromatic rings. The number of rotatable bonds is 2. The van der Waals surface area contributed by atoms with Crippen molar-refractivity contribution in [2.24, 2.45) is 29.6 Å². The summed E-state index contributed by atoms with van der Waals surface area (Å²) in [7, 11) is 0. The Balaban J connectivity index is 1.52. The van der Waals surface area contributed by atoms with E-state index in [0.717, 1.165) is 35.3 Å². The molecule has 4 fully saturated rings. The van der Waals surface area contributed by atoms with Crippen LogP contribution in [-0.4, -0.2) is 0 Å². The molecule has 0 amide bonds. The highest BCUT2D eigenvalue weighted by Gasteiger charge is 2.46. The van der Waals surface area contributed by atoms with Crippen LogP contribution in [0.5, 0.6) is 0 Å². The topological polar surface area (TPSA) is 26.0 Å². The lowest BCUT2D eigenvalue weighted by atomic mass is 9.52. The number of hydrogen-bond acceptors (Lipinski definition) is 1. The van der Waals surface area contributed by atoms with Crippen molar-refractivity contribution < 1.29 is 0 Å². The van der Waals surface area contributed by atoms with Gasteiger partial charge in [-0.2, -0.15) is 0 Å². The first kappa shape index (κ1) is 11.6. The second-order valence-electron chi connectivity index (χ2n) is 7.03. The van der Waals surface area contributed by atoms with Gasteiger partial charge in [-0.25, -0.2) is 0 Å². The van der Waals surface area contributed by atoms with Gasteiger partial charge in [-0.15, -0.1) is 0 Å². The van der Waals surface area contributed by atoms with E-state index < -0.39 is 0 Å². The predicted molar refractivity (Wildman–Crippen MR) is 80.4 cm³/mol. The standard InChI is InChI=1S/C18H23N/c19-17-4-1-12(2-5-17)3-6-18-15-8-13-7-14(10-15)11-16(18)9-13/h1-6,13-16,18H,7-11,19H2/b6-3+. The van der Waals surface area contributed by atoms with Crippen molar-refractivity contribution in [3.05, 3.63) is 35.9 Å². The quantitative estimate of drug-likeness (QED) is 0.779. The molecule has 4 aliphatic carbocycles. The molecule has 0 radical (unpaired) electrons. The van der Waals surface area contributed by atoms with Gasteiger partial charge >= 0.3 is 0 Å². The van der Waals surface area contributed by atoms with Gasteiger partial charge in [0.25, 0.3) is 0 Å². The van der Waals surface area contributed by atoms with E-state index in [-0.39, 0.29) is 0 Å². The minimum Gasteiger partial charge on any atom is -0.399 e. The third-order valence-electron chi connectivity index (χ3n) is 5.75. The smallest absolute Gasteiger partial charge is 0.0314 e. The largest absolute Gasteiger partial charge is 0.399 e. The Bertz CT molecular complexity index is 457. The molecule has 0 aliphatic heterocycles. The van der Waals surface area contributed by atoms with Crippen LogP contribution in [0, 0.1) is 29.6 Å². The van der Waals surface area contributed by atoms with Gasteiger partial charge in [0.2, 0.25) is 0 Å². The van der Waals surface area contributed by atoms with Crippen molar-refractivity contribution in [2.45, 2.75) is 32.1 Å². The van der Waals surface area contributed by atoms with Crippen molar-refractivity contribution >= 4 is 11.8 Å². The summed E-state index contributed by atoms with van der Waals surface area (Å²) in [6, 6.07) is 8.25. The van der Waals surface area contributed by atoms with E-state index in [4.69, 9.17) is 5.73 Å². The molecule has 1 aromatic carbocycles. The SMILES string of the molecule is Nc1ccc(/C=C/C2C3CC4CC(C3)CC2C4)cc1. The average molecular weight is 253 g/mol. The van der Waals surface area contributed by atoms with Crippen LogP contribution in [0.25, 0.3) is 6.08 Å². The second-order valence-corrected chi connectivity index (χ2v) is 7.03. The van der Waals surface area contributed by atoms with Crippen LogP contribution in [0.15, 0.2) is 30.3 Å². The fourth-order valence-electron chi connectivity index (χ4n) is 5.11. The van der Waals surface area contributed by atoms with E-state index in [1.807, 2.05) is 12.1 Å². The Morgan fingerprint density at radius 1 is 0.842 bits per heavy atom. The molecular weight excluding hydrogens is 230 g/mol. The molecule has 0 heterocycles. The number of allylic oxidation sites excluding steroid dienone is 1. The summed E-state index contributed by atoms with van der Waals surface area (Å²) in [6.45, 7) is 0. The van der Waals surface area contributed by atoms with E-state index in [1.54, 1.807) is 6.42 Å². The summed E-state index contributed by atoms with van der Waals surface area (Å²) in [6.07, 6.45) is 12.4. The van der Waals surface area contributed by atoms with Crippen LogP contribution < -0.4 is 5.73 Å². The summed E-state index contributed by atoms with van der Waals surface area (Å²) >= 11 is 0. The van der Waals surface area contributed by atoms with E-state index in [1.165, 1.54) is 31.2 Å². The molecule has 5 rings (SSSR count). The zero-order valence-electron chi connectivity index (χ0n) is 11.5. The molecule has 0 spiro atoms. The Kier molecular flexibility index (Phi) is 2.68. The molecule has 4 saturated carbocycles. The van der Waals surface area contributed by atoms with E-state index in [0.29, 0.717) is 0 Å². The molecule has 0 aromatic heterocycles. The lowest BCUT2D eigenvalue weighted by Crippen LogP contribution is -2.44. The molecule has 100 valence electrons. The van der Waals surface area contributed by atoms with Gasteiger partial charge in [0, 0.05) is 5.69 Å². The van der Waals surface area contributed by atoms with E-state index >= 15 is 0 Å². The highest BCUT2D eigenvalue weighted by Crippen LogP contribution is 2.56. The number of nitrogen functional groups attached to an aromatic ring is 1. The molecule has 1 heteroatoms. The highest BCUT2D eigenvalue weighted by molar-refractivity contribution is 5.53. The monoisotopic (exact) mass is 253 g/mol. The minimum absolute atomic E-state index is 0.852. The van der Waals surface area contributed by atoms with Gasteiger partial charge in [-0.1, -0.05) is 24.3 Å². The first-order chi connectivity index (χ1) is 9.28. The first-order valence-electron chi connectivity index (χ1n) is 7.81. The molecule has 0 saturated heterocycles. The number of hydrogen-bond donors (Lipinski definition) is 1. The van der Waals surface area contributed by atoms with Gasteiger partial charge in [-0.3, -0.25) is 0 Å². The highest BCUT2D eigenvalue weighted by atomic mass is 14.5. The summed E-state index contributed by atoms with van der Waals surface area (Å²) in [4.78, 5) is 0. The predicted octanol–water partition coefficient (Wildman–Crippen LogP) is 4.35. The molecule has 0 unspecified atom stereocenters. The Morgan fingerprint density at radius 2 is 1.42 bits per heavy atom. The number of anilines is 1. The lowest BCUT2D eigenvalue weighted by Gasteiger charge is -2.53. The van der Waals surface area contributed by atoms with Crippen molar-refractivity contribution in [1.82, 2.24) is 0 Å². The Hall–Kier alpha value is -1.24. The normalized spacial score (nSPS) is 40.1. The van der Waals surface area contributed by atoms with Crippen molar-refractivity contribution in [3.63, 3.8) is 0 Å². The lowest BCUT2D eigenvalue weighted by molar-refractivity contribution is -0.0158. The second kappa shape index (κ2) is 4.40. The maximum Gasteiger partial charge on any atom is 0.0314 e. The zero-order chi connectivity index (χ0) is 12.8. The molecule has 1 nitrogen and oxygen atoms in total. The third kappa shape index (κ3) is 2.09. The van der Waals surface area contributed by atoms with Crippen LogP contribution >= 0.6 is 0 Å². The minimum atomic E-state index is 0.852.